The van der Waals surface area contributed by atoms with Crippen LogP contribution in [0.15, 0.2) is 65.1 Å². The van der Waals surface area contributed by atoms with Gasteiger partial charge in [0.2, 0.25) is 0 Å². The predicted octanol–water partition coefficient (Wildman–Crippen LogP) is 8.08. The van der Waals surface area contributed by atoms with Crippen LogP contribution in [0.25, 0.3) is 16.9 Å². The maximum absolute atomic E-state index is 14.8. The minimum atomic E-state index is -1.21. The summed E-state index contributed by atoms with van der Waals surface area (Å²) in [5, 5.41) is 9.33. The van der Waals surface area contributed by atoms with Crippen LogP contribution in [-0.4, -0.2) is 15.6 Å². The molecule has 0 radical (unpaired) electrons. The summed E-state index contributed by atoms with van der Waals surface area (Å²) in [6.07, 6.45) is 0. The van der Waals surface area contributed by atoms with Crippen LogP contribution in [0.3, 0.4) is 0 Å². The Balaban J connectivity index is 0.00000176. The van der Waals surface area contributed by atoms with Crippen LogP contribution in [-0.2, 0) is 6.61 Å². The molecule has 36 heavy (non-hydrogen) atoms. The minimum absolute atomic E-state index is 0.0129. The highest BCUT2D eigenvalue weighted by atomic mass is 79.9. The van der Waals surface area contributed by atoms with Gasteiger partial charge in [-0.25, -0.2) is 22.4 Å². The molecule has 1 aromatic heterocycles. The summed E-state index contributed by atoms with van der Waals surface area (Å²) >= 11 is 3.38. The van der Waals surface area contributed by atoms with Crippen LogP contribution >= 0.6 is 15.9 Å². The number of carboxylic acid groups (broad SMARTS) is 1. The molecule has 0 saturated carbocycles. The van der Waals surface area contributed by atoms with Gasteiger partial charge in [-0.15, -0.1) is 0 Å². The predicted molar refractivity (Wildman–Crippen MR) is 133 cm³/mol. The zero-order valence-corrected chi connectivity index (χ0v) is 21.2. The number of carboxylic acids is 1. The van der Waals surface area contributed by atoms with Gasteiger partial charge in [-0.3, -0.25) is 0 Å². The van der Waals surface area contributed by atoms with Gasteiger partial charge >= 0.3 is 5.97 Å². The number of aryl methyl sites for hydroxylation is 1. The summed E-state index contributed by atoms with van der Waals surface area (Å²) in [7, 11) is 0. The fourth-order valence-electron chi connectivity index (χ4n) is 3.57. The van der Waals surface area contributed by atoms with Crippen molar-refractivity contribution in [3.63, 3.8) is 0 Å². The molecule has 3 aromatic carbocycles. The van der Waals surface area contributed by atoms with Crippen molar-refractivity contribution in [2.45, 2.75) is 27.4 Å². The first-order chi connectivity index (χ1) is 17.2. The van der Waals surface area contributed by atoms with Gasteiger partial charge in [-0.1, -0.05) is 29.8 Å². The molecule has 0 aliphatic rings. The molecule has 0 saturated heterocycles. The zero-order chi connectivity index (χ0) is 26.6. The van der Waals surface area contributed by atoms with Crippen LogP contribution in [0, 0.1) is 30.2 Å². The number of halogens is 5. The summed E-state index contributed by atoms with van der Waals surface area (Å²) in [4.78, 5) is 11.4. The van der Waals surface area contributed by atoms with E-state index in [0.29, 0.717) is 33.6 Å². The van der Waals surface area contributed by atoms with E-state index in [4.69, 9.17) is 4.74 Å². The number of aromatic nitrogens is 1. The zero-order valence-electron chi connectivity index (χ0n) is 19.6. The molecule has 4 aromatic rings. The highest BCUT2D eigenvalue weighted by molar-refractivity contribution is 9.10. The normalized spacial score (nSPS) is 10.6. The number of rotatable bonds is 6. The van der Waals surface area contributed by atoms with Crippen molar-refractivity contribution in [3.05, 3.63) is 105 Å². The van der Waals surface area contributed by atoms with Gasteiger partial charge in [-0.05, 0) is 55.5 Å². The smallest absolute Gasteiger partial charge is 0.335 e. The fraction of sp³-hybridized carbons (Fsp3) is 0.148. The van der Waals surface area contributed by atoms with E-state index in [1.54, 1.807) is 37.3 Å². The number of benzene rings is 3. The lowest BCUT2D eigenvalue weighted by Crippen LogP contribution is -2.07. The van der Waals surface area contributed by atoms with Crippen LogP contribution in [0.5, 0.6) is 5.75 Å². The lowest BCUT2D eigenvalue weighted by molar-refractivity contribution is 0.0696. The Morgan fingerprint density at radius 1 is 0.917 bits per heavy atom. The van der Waals surface area contributed by atoms with Crippen LogP contribution in [0.1, 0.15) is 35.5 Å². The highest BCUT2D eigenvalue weighted by Gasteiger charge is 2.19. The van der Waals surface area contributed by atoms with Crippen molar-refractivity contribution >= 4 is 21.9 Å². The lowest BCUT2D eigenvalue weighted by atomic mass is 10.1. The number of carbonyl (C=O) groups is 1. The molecule has 0 aliphatic carbocycles. The van der Waals surface area contributed by atoms with E-state index < -0.39 is 41.4 Å². The molecule has 0 atom stereocenters. The molecule has 188 valence electrons. The summed E-state index contributed by atoms with van der Waals surface area (Å²) in [6.45, 7) is 5.20. The van der Waals surface area contributed by atoms with E-state index >= 15 is 0 Å². The fourth-order valence-corrected chi connectivity index (χ4v) is 3.93. The molecular formula is C27H22BrF4NO3. The Morgan fingerprint density at radius 3 is 2.22 bits per heavy atom. The van der Waals surface area contributed by atoms with Crippen molar-refractivity contribution in [1.29, 1.82) is 0 Å². The largest absolute Gasteiger partial charge is 0.488 e. The monoisotopic (exact) mass is 563 g/mol. The lowest BCUT2D eigenvalue weighted by Gasteiger charge is -2.17. The van der Waals surface area contributed by atoms with Crippen LogP contribution < -0.4 is 4.74 Å². The average Bonchev–Trinajstić information content (AvgIpc) is 3.21. The number of hydrogen-bond donors (Lipinski definition) is 1. The summed E-state index contributed by atoms with van der Waals surface area (Å²) < 4.78 is 64.0. The maximum Gasteiger partial charge on any atom is 0.335 e. The molecule has 0 unspecified atom stereocenters. The second kappa shape index (κ2) is 11.4. The van der Waals surface area contributed by atoms with E-state index in [9.17, 15) is 27.5 Å². The summed E-state index contributed by atoms with van der Waals surface area (Å²) in [5.74, 6) is -4.82. The molecule has 4 nitrogen and oxygen atoms in total. The van der Waals surface area contributed by atoms with Gasteiger partial charge in [0.05, 0.1) is 22.5 Å². The van der Waals surface area contributed by atoms with E-state index in [2.05, 4.69) is 15.9 Å². The Hall–Kier alpha value is -3.59. The third-order valence-electron chi connectivity index (χ3n) is 5.21. The van der Waals surface area contributed by atoms with Gasteiger partial charge in [0, 0.05) is 27.9 Å². The van der Waals surface area contributed by atoms with Gasteiger partial charge < -0.3 is 14.4 Å². The third kappa shape index (κ3) is 5.62. The van der Waals surface area contributed by atoms with Gasteiger partial charge in [0.1, 0.15) is 35.6 Å². The topological polar surface area (TPSA) is 51.5 Å². The van der Waals surface area contributed by atoms with Crippen LogP contribution in [0.4, 0.5) is 17.6 Å². The van der Waals surface area contributed by atoms with Crippen molar-refractivity contribution in [2.24, 2.45) is 0 Å². The van der Waals surface area contributed by atoms with E-state index in [1.165, 1.54) is 16.7 Å². The Kier molecular flexibility index (Phi) is 8.57. The molecule has 0 fully saturated rings. The van der Waals surface area contributed by atoms with Crippen LogP contribution in [0.2, 0.25) is 0 Å². The van der Waals surface area contributed by atoms with Crippen molar-refractivity contribution in [3.8, 4) is 22.7 Å². The standard InChI is InChI=1S/C25H16BrF4NO3.C2H6/c1-13-2-6-22(31(13)23-8-14(25(32)33)3-5-19(23)28)17-9-15(26)4-7-24(17)34-12-18-20(29)10-16(27)11-21(18)30;1-2/h2-11H,12H2,1H3,(H,32,33);1-2H3. The molecule has 0 bridgehead atoms. The van der Waals surface area contributed by atoms with Crippen molar-refractivity contribution in [1.82, 2.24) is 4.57 Å². The van der Waals surface area contributed by atoms with Gasteiger partial charge in [0.25, 0.3) is 0 Å². The second-order valence-electron chi connectivity index (χ2n) is 7.44. The average molecular weight is 564 g/mol. The van der Waals surface area contributed by atoms with Gasteiger partial charge in [-0.2, -0.15) is 0 Å². The first kappa shape index (κ1) is 27.0. The van der Waals surface area contributed by atoms with E-state index in [0.717, 1.165) is 6.07 Å². The number of nitrogens with zero attached hydrogens (tertiary/aromatic N) is 1. The quantitative estimate of drug-likeness (QED) is 0.241. The Bertz CT molecular complexity index is 1400. The minimum Gasteiger partial charge on any atom is -0.488 e. The summed E-state index contributed by atoms with van der Waals surface area (Å²) in [6, 6.07) is 12.9. The van der Waals surface area contributed by atoms with E-state index in [-0.39, 0.29) is 17.0 Å². The maximum atomic E-state index is 14.8. The number of hydrogen-bond acceptors (Lipinski definition) is 2. The highest BCUT2D eigenvalue weighted by Crippen LogP contribution is 2.37. The molecule has 9 heteroatoms. The Morgan fingerprint density at radius 2 is 1.58 bits per heavy atom. The first-order valence-corrected chi connectivity index (χ1v) is 11.7. The SMILES string of the molecule is CC.Cc1ccc(-c2cc(Br)ccc2OCc2c(F)cc(F)cc2F)n1-c1cc(C(=O)O)ccc1F. The van der Waals surface area contributed by atoms with Crippen molar-refractivity contribution in [2.75, 3.05) is 0 Å². The third-order valence-corrected chi connectivity index (χ3v) is 5.70. The molecule has 4 rings (SSSR count). The molecule has 1 N–H and O–H groups in total. The van der Waals surface area contributed by atoms with Gasteiger partial charge in [0.15, 0.2) is 0 Å². The molecule has 0 amide bonds. The van der Waals surface area contributed by atoms with Crippen molar-refractivity contribution < 1.29 is 32.2 Å². The number of ether oxygens (including phenoxy) is 1. The summed E-state index contributed by atoms with van der Waals surface area (Å²) in [5.41, 5.74) is 0.989. The number of aromatic carboxylic acids is 1. The first-order valence-electron chi connectivity index (χ1n) is 10.9. The molecule has 1 heterocycles. The molecular weight excluding hydrogens is 542 g/mol. The Labute approximate surface area is 213 Å². The molecule has 0 spiro atoms. The second-order valence-corrected chi connectivity index (χ2v) is 8.36. The van der Waals surface area contributed by atoms with E-state index in [1.807, 2.05) is 13.8 Å². The molecule has 0 aliphatic heterocycles.